The lowest BCUT2D eigenvalue weighted by molar-refractivity contribution is 0.414. The van der Waals surface area contributed by atoms with Crippen molar-refractivity contribution >= 4 is 31.1 Å². The van der Waals surface area contributed by atoms with Crippen LogP contribution < -0.4 is 10.3 Å². The van der Waals surface area contributed by atoms with Gasteiger partial charge in [0.2, 0.25) is 0 Å². The van der Waals surface area contributed by atoms with E-state index in [1.54, 1.807) is 19.1 Å². The Morgan fingerprint density at radius 1 is 1.11 bits per heavy atom. The van der Waals surface area contributed by atoms with Gasteiger partial charge in [0, 0.05) is 16.7 Å². The van der Waals surface area contributed by atoms with Crippen molar-refractivity contribution in [3.8, 4) is 11.4 Å². The number of nitrogens with zero attached hydrogens (tertiary/aromatic N) is 3. The molecule has 0 bridgehead atoms. The Morgan fingerprint density at radius 3 is 2.44 bits per heavy atom. The van der Waals surface area contributed by atoms with Crippen LogP contribution in [0.4, 0.5) is 11.4 Å². The smallest absolute Gasteiger partial charge is 0.299 e. The summed E-state index contributed by atoms with van der Waals surface area (Å²) in [6.45, 7) is 1.70. The normalized spacial score (nSPS) is 11.8. The maximum absolute atomic E-state index is 12.6. The molecule has 0 atom stereocenters. The van der Waals surface area contributed by atoms with E-state index >= 15 is 0 Å². The minimum Gasteiger partial charge on any atom is -0.494 e. The van der Waals surface area contributed by atoms with Crippen LogP contribution in [-0.2, 0) is 9.05 Å². The first kappa shape index (κ1) is 18.9. The number of ether oxygens (including phenoxy) is 1. The van der Waals surface area contributed by atoms with Gasteiger partial charge in [0.1, 0.15) is 11.4 Å². The first-order chi connectivity index (χ1) is 12.8. The second kappa shape index (κ2) is 7.37. The van der Waals surface area contributed by atoms with Crippen molar-refractivity contribution in [1.29, 1.82) is 0 Å². The van der Waals surface area contributed by atoms with Gasteiger partial charge in [-0.1, -0.05) is 18.2 Å². The van der Waals surface area contributed by atoms with Gasteiger partial charge in [-0.15, -0.1) is 10.2 Å². The molecular formula is C17H15ClN4O4S. The van der Waals surface area contributed by atoms with Crippen LogP contribution in [0.3, 0.4) is 0 Å². The maximum atomic E-state index is 12.6. The number of aryl methyl sites for hydroxylation is 1. The number of methoxy groups -OCH3 is 1. The Hall–Kier alpha value is -2.91. The molecule has 0 radical (unpaired) electrons. The fourth-order valence-corrected chi connectivity index (χ4v) is 3.18. The van der Waals surface area contributed by atoms with Crippen LogP contribution in [0.15, 0.2) is 68.4 Å². The SMILES string of the molecule is COc1cc(S(=O)(=O)Cl)ccc1N=Nc1c(C)[nH]n(-c2ccccc2)c1=O. The molecule has 0 spiro atoms. The van der Waals surface area contributed by atoms with Gasteiger partial charge < -0.3 is 4.74 Å². The largest absolute Gasteiger partial charge is 0.494 e. The molecule has 3 aromatic rings. The first-order valence-electron chi connectivity index (χ1n) is 7.73. The van der Waals surface area contributed by atoms with Gasteiger partial charge in [0.25, 0.3) is 14.6 Å². The summed E-state index contributed by atoms with van der Waals surface area (Å²) in [4.78, 5) is 12.5. The minimum atomic E-state index is -3.90. The van der Waals surface area contributed by atoms with Crippen molar-refractivity contribution < 1.29 is 13.2 Å². The molecule has 8 nitrogen and oxygen atoms in total. The van der Waals surface area contributed by atoms with E-state index in [4.69, 9.17) is 15.4 Å². The molecule has 2 aromatic carbocycles. The monoisotopic (exact) mass is 406 g/mol. The molecule has 0 aliphatic carbocycles. The number of benzene rings is 2. The quantitative estimate of drug-likeness (QED) is 0.513. The Bertz CT molecular complexity index is 1170. The molecule has 0 fully saturated rings. The zero-order chi connectivity index (χ0) is 19.6. The molecule has 0 saturated heterocycles. The fourth-order valence-electron chi connectivity index (χ4n) is 2.41. The second-order valence-electron chi connectivity index (χ2n) is 5.53. The van der Waals surface area contributed by atoms with Crippen molar-refractivity contribution in [2.45, 2.75) is 11.8 Å². The van der Waals surface area contributed by atoms with Gasteiger partial charge >= 0.3 is 0 Å². The highest BCUT2D eigenvalue weighted by Gasteiger charge is 2.15. The highest BCUT2D eigenvalue weighted by molar-refractivity contribution is 8.13. The molecule has 1 heterocycles. The lowest BCUT2D eigenvalue weighted by atomic mass is 10.3. The number of aromatic amines is 1. The van der Waals surface area contributed by atoms with Crippen LogP contribution in [0.5, 0.6) is 5.75 Å². The standard InChI is InChI=1S/C17H15ClN4O4S/c1-11-16(17(23)22(21-11)12-6-4-3-5-7-12)20-19-14-9-8-13(27(18,24)25)10-15(14)26-2/h3-10,21H,1-2H3. The van der Waals surface area contributed by atoms with Crippen molar-refractivity contribution in [3.63, 3.8) is 0 Å². The summed E-state index contributed by atoms with van der Waals surface area (Å²) < 4.78 is 29.4. The van der Waals surface area contributed by atoms with Crippen molar-refractivity contribution in [2.24, 2.45) is 10.2 Å². The van der Waals surface area contributed by atoms with Crippen LogP contribution >= 0.6 is 10.7 Å². The van der Waals surface area contributed by atoms with E-state index in [1.807, 2.05) is 18.2 Å². The number of hydrogen-bond donors (Lipinski definition) is 1. The van der Waals surface area contributed by atoms with E-state index in [9.17, 15) is 13.2 Å². The molecule has 0 aliphatic rings. The fraction of sp³-hybridized carbons (Fsp3) is 0.118. The number of aromatic nitrogens is 2. The third-order valence-corrected chi connectivity index (χ3v) is 5.10. The Morgan fingerprint density at radius 2 is 1.81 bits per heavy atom. The van der Waals surface area contributed by atoms with E-state index in [-0.39, 0.29) is 27.6 Å². The van der Waals surface area contributed by atoms with E-state index in [2.05, 4.69) is 15.3 Å². The molecule has 0 aliphatic heterocycles. The molecule has 140 valence electrons. The Labute approximate surface area is 159 Å². The van der Waals surface area contributed by atoms with Crippen molar-refractivity contribution in [1.82, 2.24) is 9.78 Å². The summed E-state index contributed by atoms with van der Waals surface area (Å²) in [6.07, 6.45) is 0. The van der Waals surface area contributed by atoms with Crippen molar-refractivity contribution in [3.05, 3.63) is 64.6 Å². The highest BCUT2D eigenvalue weighted by atomic mass is 35.7. The second-order valence-corrected chi connectivity index (χ2v) is 8.10. The van der Waals surface area contributed by atoms with Crippen molar-refractivity contribution in [2.75, 3.05) is 7.11 Å². The summed E-state index contributed by atoms with van der Waals surface area (Å²) in [6, 6.07) is 13.0. The molecule has 10 heteroatoms. The van der Waals surface area contributed by atoms with E-state index in [1.165, 1.54) is 30.0 Å². The van der Waals surface area contributed by atoms with E-state index < -0.39 is 9.05 Å². The predicted molar refractivity (Wildman–Crippen MR) is 101 cm³/mol. The van der Waals surface area contributed by atoms with Gasteiger partial charge in [-0.3, -0.25) is 9.89 Å². The summed E-state index contributed by atoms with van der Waals surface area (Å²) in [5, 5.41) is 11.0. The number of halogens is 1. The van der Waals surface area contributed by atoms with Gasteiger partial charge in [-0.05, 0) is 31.2 Å². The molecule has 1 aromatic heterocycles. The summed E-state index contributed by atoms with van der Waals surface area (Å²) in [5.41, 5.74) is 1.23. The third kappa shape index (κ3) is 3.93. The van der Waals surface area contributed by atoms with Gasteiger partial charge in [0.15, 0.2) is 5.69 Å². The van der Waals surface area contributed by atoms with Crippen LogP contribution in [0.25, 0.3) is 5.69 Å². The van der Waals surface area contributed by atoms with Crippen LogP contribution in [0.2, 0.25) is 0 Å². The highest BCUT2D eigenvalue weighted by Crippen LogP contribution is 2.32. The number of H-pyrrole nitrogens is 1. The molecule has 0 amide bonds. The van der Waals surface area contributed by atoms with Gasteiger partial charge in [-0.25, -0.2) is 13.1 Å². The van der Waals surface area contributed by atoms with E-state index in [0.717, 1.165) is 0 Å². The molecule has 1 N–H and O–H groups in total. The molecule has 0 unspecified atom stereocenters. The first-order valence-corrected chi connectivity index (χ1v) is 10.0. The maximum Gasteiger partial charge on any atom is 0.299 e. The minimum absolute atomic E-state index is 0.121. The third-order valence-electron chi connectivity index (χ3n) is 3.75. The van der Waals surface area contributed by atoms with Gasteiger partial charge in [-0.2, -0.15) is 0 Å². The summed E-state index contributed by atoms with van der Waals surface area (Å²) in [7, 11) is 2.80. The average molecular weight is 407 g/mol. The van der Waals surface area contributed by atoms with E-state index in [0.29, 0.717) is 11.4 Å². The summed E-state index contributed by atoms with van der Waals surface area (Å²) in [5.74, 6) is 0.164. The van der Waals surface area contributed by atoms with Gasteiger partial charge in [0.05, 0.1) is 23.4 Å². The molecule has 3 rings (SSSR count). The molecular weight excluding hydrogens is 392 g/mol. The van der Waals surface area contributed by atoms with Crippen LogP contribution in [-0.4, -0.2) is 25.3 Å². The molecule has 0 saturated carbocycles. The summed E-state index contributed by atoms with van der Waals surface area (Å²) >= 11 is 0. The lowest BCUT2D eigenvalue weighted by Crippen LogP contribution is -2.13. The van der Waals surface area contributed by atoms with Crippen LogP contribution in [0, 0.1) is 6.92 Å². The average Bonchev–Trinajstić information content (AvgIpc) is 2.93. The lowest BCUT2D eigenvalue weighted by Gasteiger charge is -2.04. The number of hydrogen-bond acceptors (Lipinski definition) is 6. The number of rotatable bonds is 5. The van der Waals surface area contributed by atoms with Crippen LogP contribution in [0.1, 0.15) is 5.69 Å². The Kier molecular flexibility index (Phi) is 5.15. The topological polar surface area (TPSA) is 106 Å². The zero-order valence-electron chi connectivity index (χ0n) is 14.4. The Balaban J connectivity index is 2.00. The predicted octanol–water partition coefficient (Wildman–Crippen LogP) is 3.83. The number of para-hydroxylation sites is 1. The number of nitrogens with one attached hydrogen (secondary N) is 1. The number of azo groups is 1. The molecule has 27 heavy (non-hydrogen) atoms. The zero-order valence-corrected chi connectivity index (χ0v) is 16.0.